The Hall–Kier alpha value is -2.48. The van der Waals surface area contributed by atoms with E-state index in [4.69, 9.17) is 14.2 Å². The highest BCUT2D eigenvalue weighted by molar-refractivity contribution is 5.94. The number of likely N-dealkylation sites (tertiary alicyclic amines) is 1. The van der Waals surface area contributed by atoms with Crippen molar-refractivity contribution in [3.63, 3.8) is 0 Å². The van der Waals surface area contributed by atoms with E-state index in [0.29, 0.717) is 25.3 Å². The van der Waals surface area contributed by atoms with Gasteiger partial charge in [0.05, 0.1) is 18.8 Å². The van der Waals surface area contributed by atoms with Crippen molar-refractivity contribution in [3.05, 3.63) is 53.3 Å². The molecule has 1 spiro atoms. The van der Waals surface area contributed by atoms with E-state index in [1.54, 1.807) is 26.3 Å². The highest BCUT2D eigenvalue weighted by atomic mass is 19.1. The average Bonchev–Trinajstić information content (AvgIpc) is 2.82. The maximum atomic E-state index is 14.8. The van der Waals surface area contributed by atoms with Crippen molar-refractivity contribution in [2.75, 3.05) is 40.4 Å². The maximum absolute atomic E-state index is 14.8. The van der Waals surface area contributed by atoms with Crippen LogP contribution in [0.5, 0.6) is 5.75 Å². The third-order valence-corrected chi connectivity index (χ3v) is 7.51. The number of rotatable bonds is 6. The lowest BCUT2D eigenvalue weighted by atomic mass is 9.89. The van der Waals surface area contributed by atoms with Crippen LogP contribution in [0.25, 0.3) is 11.1 Å². The number of amides is 1. The molecule has 2 aliphatic heterocycles. The Morgan fingerprint density at radius 1 is 1.18 bits per heavy atom. The third kappa shape index (κ3) is 4.57. The van der Waals surface area contributed by atoms with Crippen LogP contribution in [-0.4, -0.2) is 67.9 Å². The molecule has 0 radical (unpaired) electrons. The number of piperidine rings is 1. The smallest absolute Gasteiger partial charge is 0.256 e. The van der Waals surface area contributed by atoms with Gasteiger partial charge >= 0.3 is 0 Å². The Morgan fingerprint density at radius 3 is 2.59 bits per heavy atom. The molecule has 5 rings (SSSR count). The van der Waals surface area contributed by atoms with Gasteiger partial charge in [0.2, 0.25) is 5.79 Å². The molecule has 1 saturated carbocycles. The Bertz CT molecular complexity index is 1050. The zero-order valence-electron chi connectivity index (χ0n) is 20.0. The summed E-state index contributed by atoms with van der Waals surface area (Å²) in [6.45, 7) is 3.32. The van der Waals surface area contributed by atoms with Crippen molar-refractivity contribution in [1.29, 1.82) is 0 Å². The standard InChI is InChI=1S/C27H33FN2O4/c1-29(14-15-32-2)26(31)23-8-6-20(17-24(23)28)19-7-9-25-21(16-19)18-33-27(34-25)10-12-30(13-11-27)22-4-3-5-22/h6-9,16-17,22H,3-5,10-15,18H2,1-2H3. The molecule has 0 N–H and O–H groups in total. The van der Waals surface area contributed by atoms with Gasteiger partial charge in [0, 0.05) is 58.2 Å². The van der Waals surface area contributed by atoms with Crippen LogP contribution < -0.4 is 4.74 Å². The van der Waals surface area contributed by atoms with E-state index in [9.17, 15) is 9.18 Å². The van der Waals surface area contributed by atoms with Crippen molar-refractivity contribution >= 4 is 5.91 Å². The second kappa shape index (κ2) is 9.64. The largest absolute Gasteiger partial charge is 0.462 e. The average molecular weight is 469 g/mol. The first kappa shape index (κ1) is 23.3. The van der Waals surface area contributed by atoms with Crippen molar-refractivity contribution in [2.45, 2.75) is 50.5 Å². The summed E-state index contributed by atoms with van der Waals surface area (Å²) in [5.41, 5.74) is 2.60. The second-order valence-electron chi connectivity index (χ2n) is 9.66. The first-order chi connectivity index (χ1) is 16.5. The minimum atomic E-state index is -0.533. The van der Waals surface area contributed by atoms with E-state index >= 15 is 0 Å². The molecule has 182 valence electrons. The number of ether oxygens (including phenoxy) is 3. The zero-order chi connectivity index (χ0) is 23.7. The number of hydrogen-bond acceptors (Lipinski definition) is 5. The Labute approximate surface area is 200 Å². The molecular weight excluding hydrogens is 435 g/mol. The molecule has 2 aromatic carbocycles. The number of halogens is 1. The normalized spacial score (nSPS) is 19.9. The highest BCUT2D eigenvalue weighted by Gasteiger charge is 2.42. The number of nitrogens with zero attached hydrogens (tertiary/aromatic N) is 2. The van der Waals surface area contributed by atoms with Crippen molar-refractivity contribution < 1.29 is 23.4 Å². The molecule has 7 heteroatoms. The lowest BCUT2D eigenvalue weighted by Gasteiger charge is -2.47. The number of likely N-dealkylation sites (N-methyl/N-ethyl adjacent to an activating group) is 1. The van der Waals surface area contributed by atoms with Crippen molar-refractivity contribution in [1.82, 2.24) is 9.80 Å². The first-order valence-corrected chi connectivity index (χ1v) is 12.2. The number of fused-ring (bicyclic) bond motifs is 1. The first-order valence-electron chi connectivity index (χ1n) is 12.2. The molecule has 0 unspecified atom stereocenters. The van der Waals surface area contributed by atoms with Crippen molar-refractivity contribution in [3.8, 4) is 16.9 Å². The summed E-state index contributed by atoms with van der Waals surface area (Å²) in [5.74, 6) is -0.576. The molecular formula is C27H33FN2O4. The molecule has 3 aliphatic rings. The van der Waals surface area contributed by atoms with Gasteiger partial charge in [0.15, 0.2) is 0 Å². The zero-order valence-corrected chi connectivity index (χ0v) is 20.0. The highest BCUT2D eigenvalue weighted by Crippen LogP contribution is 2.40. The lowest BCUT2D eigenvalue weighted by Crippen LogP contribution is -2.54. The predicted molar refractivity (Wildman–Crippen MR) is 127 cm³/mol. The van der Waals surface area contributed by atoms with Crippen LogP contribution in [0.2, 0.25) is 0 Å². The SMILES string of the molecule is COCCN(C)C(=O)c1ccc(-c2ccc3c(c2)COC2(CCN(C4CCC4)CC2)O3)cc1F. The molecule has 0 bridgehead atoms. The van der Waals surface area contributed by atoms with E-state index in [1.807, 2.05) is 18.2 Å². The number of hydrogen-bond donors (Lipinski definition) is 0. The van der Waals surface area contributed by atoms with E-state index in [-0.39, 0.29) is 11.5 Å². The van der Waals surface area contributed by atoms with Crippen LogP contribution >= 0.6 is 0 Å². The number of benzene rings is 2. The van der Waals surface area contributed by atoms with Crippen LogP contribution in [0.3, 0.4) is 0 Å². The molecule has 6 nitrogen and oxygen atoms in total. The lowest BCUT2D eigenvalue weighted by molar-refractivity contribution is -0.231. The van der Waals surface area contributed by atoms with Crippen LogP contribution in [0, 0.1) is 5.82 Å². The van der Waals surface area contributed by atoms with E-state index in [2.05, 4.69) is 4.90 Å². The third-order valence-electron chi connectivity index (χ3n) is 7.51. The van der Waals surface area contributed by atoms with Crippen molar-refractivity contribution in [2.24, 2.45) is 0 Å². The minimum Gasteiger partial charge on any atom is -0.462 e. The summed E-state index contributed by atoms with van der Waals surface area (Å²) < 4.78 is 32.5. The van der Waals surface area contributed by atoms with E-state index in [1.165, 1.54) is 30.2 Å². The summed E-state index contributed by atoms with van der Waals surface area (Å²) in [6.07, 6.45) is 5.75. The summed E-state index contributed by atoms with van der Waals surface area (Å²) in [7, 11) is 3.21. The minimum absolute atomic E-state index is 0.0576. The number of carbonyl (C=O) groups is 1. The fourth-order valence-electron chi connectivity index (χ4n) is 5.04. The van der Waals surface area contributed by atoms with Gasteiger partial charge in [-0.2, -0.15) is 0 Å². The van der Waals surface area contributed by atoms with E-state index < -0.39 is 11.6 Å². The quantitative estimate of drug-likeness (QED) is 0.626. The fraction of sp³-hybridized carbons (Fsp3) is 0.519. The van der Waals surface area contributed by atoms with Gasteiger partial charge < -0.3 is 19.1 Å². The summed E-state index contributed by atoms with van der Waals surface area (Å²) in [5, 5.41) is 0. The maximum Gasteiger partial charge on any atom is 0.256 e. The molecule has 2 fully saturated rings. The van der Waals surface area contributed by atoms with Gasteiger partial charge in [-0.05, 0) is 48.2 Å². The number of methoxy groups -OCH3 is 1. The summed E-state index contributed by atoms with van der Waals surface area (Å²) in [6, 6.07) is 11.4. The number of carbonyl (C=O) groups excluding carboxylic acids is 1. The van der Waals surface area contributed by atoms with Gasteiger partial charge in [-0.1, -0.05) is 18.6 Å². The molecule has 0 atom stereocenters. The van der Waals surface area contributed by atoms with Gasteiger partial charge in [-0.15, -0.1) is 0 Å². The van der Waals surface area contributed by atoms with E-state index in [0.717, 1.165) is 48.8 Å². The van der Waals surface area contributed by atoms with Crippen LogP contribution in [0.15, 0.2) is 36.4 Å². The molecule has 0 aromatic heterocycles. The van der Waals surface area contributed by atoms with Crippen LogP contribution in [0.4, 0.5) is 4.39 Å². The molecule has 1 amide bonds. The predicted octanol–water partition coefficient (Wildman–Crippen LogP) is 4.46. The fourth-order valence-corrected chi connectivity index (χ4v) is 5.04. The molecule has 2 heterocycles. The second-order valence-corrected chi connectivity index (χ2v) is 9.66. The topological polar surface area (TPSA) is 51.2 Å². The monoisotopic (exact) mass is 468 g/mol. The van der Waals surface area contributed by atoms with Crippen LogP contribution in [0.1, 0.15) is 48.0 Å². The van der Waals surface area contributed by atoms with Crippen LogP contribution in [-0.2, 0) is 16.1 Å². The summed E-state index contributed by atoms with van der Waals surface area (Å²) in [4.78, 5) is 16.6. The Kier molecular flexibility index (Phi) is 6.60. The summed E-state index contributed by atoms with van der Waals surface area (Å²) >= 11 is 0. The van der Waals surface area contributed by atoms with Gasteiger partial charge in [0.1, 0.15) is 11.6 Å². The van der Waals surface area contributed by atoms with Gasteiger partial charge in [-0.25, -0.2) is 4.39 Å². The molecule has 1 saturated heterocycles. The Morgan fingerprint density at radius 2 is 1.91 bits per heavy atom. The van der Waals surface area contributed by atoms with Gasteiger partial charge in [-0.3, -0.25) is 9.69 Å². The molecule has 34 heavy (non-hydrogen) atoms. The van der Waals surface area contributed by atoms with Gasteiger partial charge in [0.25, 0.3) is 5.91 Å². The molecule has 1 aliphatic carbocycles. The Balaban J connectivity index is 1.27. The molecule has 2 aromatic rings.